The lowest BCUT2D eigenvalue weighted by molar-refractivity contribution is 0.310. The molecular formula is C29H35N3O. The third-order valence-electron chi connectivity index (χ3n) is 6.94. The maximum Gasteiger partial charge on any atom is 0.143 e. The molecule has 0 aromatic heterocycles. The Kier molecular flexibility index (Phi) is 6.82. The van der Waals surface area contributed by atoms with Crippen molar-refractivity contribution >= 4 is 17.1 Å². The second kappa shape index (κ2) is 10.3. The molecule has 33 heavy (non-hydrogen) atoms. The second-order valence-corrected chi connectivity index (χ2v) is 9.31. The molecule has 3 aromatic carbocycles. The summed E-state index contributed by atoms with van der Waals surface area (Å²) in [7, 11) is 2.24. The van der Waals surface area contributed by atoms with Crippen LogP contribution in [0, 0.1) is 0 Å². The first-order valence-electron chi connectivity index (χ1n) is 12.4. The fraction of sp³-hybridized carbons (Fsp3) is 0.379. The Morgan fingerprint density at radius 3 is 2.48 bits per heavy atom. The van der Waals surface area contributed by atoms with Crippen LogP contribution in [0.5, 0.6) is 5.75 Å². The summed E-state index contributed by atoms with van der Waals surface area (Å²) in [6, 6.07) is 26.2. The number of fused-ring (bicyclic) bond motifs is 2. The molecule has 0 unspecified atom stereocenters. The predicted molar refractivity (Wildman–Crippen MR) is 138 cm³/mol. The van der Waals surface area contributed by atoms with Crippen LogP contribution < -0.4 is 14.5 Å². The minimum absolute atomic E-state index is 0.618. The highest BCUT2D eigenvalue weighted by Gasteiger charge is 2.21. The van der Waals surface area contributed by atoms with E-state index < -0.39 is 0 Å². The third kappa shape index (κ3) is 5.17. The lowest BCUT2D eigenvalue weighted by atomic mass is 10.1. The summed E-state index contributed by atoms with van der Waals surface area (Å²) >= 11 is 0. The zero-order chi connectivity index (χ0) is 22.5. The highest BCUT2D eigenvalue weighted by Crippen LogP contribution is 2.38. The number of hydrogen-bond donors (Lipinski definition) is 0. The fourth-order valence-electron chi connectivity index (χ4n) is 4.99. The first-order valence-corrected chi connectivity index (χ1v) is 12.4. The number of anilines is 3. The van der Waals surface area contributed by atoms with Crippen LogP contribution in [-0.2, 0) is 13.0 Å². The van der Waals surface area contributed by atoms with Crippen LogP contribution in [0.3, 0.4) is 0 Å². The van der Waals surface area contributed by atoms with Crippen LogP contribution in [0.25, 0.3) is 0 Å². The molecular weight excluding hydrogens is 406 g/mol. The third-order valence-corrected chi connectivity index (χ3v) is 6.94. The Labute approximate surface area is 198 Å². The van der Waals surface area contributed by atoms with E-state index in [9.17, 15) is 0 Å². The smallest absolute Gasteiger partial charge is 0.143 e. The Bertz CT molecular complexity index is 1010. The first kappa shape index (κ1) is 21.8. The van der Waals surface area contributed by atoms with Crippen LogP contribution >= 0.6 is 0 Å². The van der Waals surface area contributed by atoms with Gasteiger partial charge >= 0.3 is 0 Å². The summed E-state index contributed by atoms with van der Waals surface area (Å²) in [6.07, 6.45) is 5.09. The fourth-order valence-corrected chi connectivity index (χ4v) is 4.99. The van der Waals surface area contributed by atoms with Gasteiger partial charge < -0.3 is 19.4 Å². The van der Waals surface area contributed by atoms with Gasteiger partial charge in [0, 0.05) is 49.7 Å². The van der Waals surface area contributed by atoms with Crippen molar-refractivity contribution in [2.45, 2.75) is 32.3 Å². The van der Waals surface area contributed by atoms with E-state index in [4.69, 9.17) is 4.74 Å². The molecule has 0 N–H and O–H groups in total. The molecule has 2 aliphatic rings. The quantitative estimate of drug-likeness (QED) is 0.456. The normalized spacial score (nSPS) is 15.6. The molecule has 2 aliphatic heterocycles. The number of likely N-dealkylation sites (N-methyl/N-ethyl adjacent to an activating group) is 1. The van der Waals surface area contributed by atoms with E-state index in [1.165, 1.54) is 54.9 Å². The largest absolute Gasteiger partial charge is 0.487 e. The topological polar surface area (TPSA) is 19.0 Å². The van der Waals surface area contributed by atoms with E-state index in [0.29, 0.717) is 6.61 Å². The summed E-state index contributed by atoms with van der Waals surface area (Å²) < 4.78 is 6.12. The number of hydrogen-bond acceptors (Lipinski definition) is 4. The van der Waals surface area contributed by atoms with Crippen LogP contribution in [0.4, 0.5) is 17.1 Å². The number of piperidine rings is 1. The lowest BCUT2D eigenvalue weighted by Crippen LogP contribution is -2.32. The predicted octanol–water partition coefficient (Wildman–Crippen LogP) is 5.88. The van der Waals surface area contributed by atoms with Gasteiger partial charge in [-0.3, -0.25) is 0 Å². The van der Waals surface area contributed by atoms with E-state index in [1.54, 1.807) is 0 Å². The summed E-state index contributed by atoms with van der Waals surface area (Å²) in [5, 5.41) is 0. The van der Waals surface area contributed by atoms with Crippen molar-refractivity contribution in [1.29, 1.82) is 0 Å². The van der Waals surface area contributed by atoms with Crippen molar-refractivity contribution in [2.24, 2.45) is 0 Å². The molecule has 0 amide bonds. The summed E-state index contributed by atoms with van der Waals surface area (Å²) in [5.41, 5.74) is 6.48. The molecule has 172 valence electrons. The van der Waals surface area contributed by atoms with Gasteiger partial charge in [0.15, 0.2) is 0 Å². The van der Waals surface area contributed by atoms with E-state index in [1.807, 2.05) is 0 Å². The van der Waals surface area contributed by atoms with Crippen LogP contribution in [0.2, 0.25) is 0 Å². The number of ether oxygens (including phenoxy) is 1. The molecule has 4 heteroatoms. The van der Waals surface area contributed by atoms with Crippen LogP contribution in [-0.4, -0.2) is 44.7 Å². The van der Waals surface area contributed by atoms with E-state index in [0.717, 1.165) is 37.5 Å². The molecule has 0 bridgehead atoms. The molecule has 0 spiro atoms. The molecule has 3 aromatic rings. The molecule has 5 rings (SSSR count). The molecule has 2 heterocycles. The number of rotatable bonds is 7. The van der Waals surface area contributed by atoms with Gasteiger partial charge in [0.2, 0.25) is 0 Å². The van der Waals surface area contributed by atoms with Crippen molar-refractivity contribution in [3.63, 3.8) is 0 Å². The minimum Gasteiger partial charge on any atom is -0.487 e. The van der Waals surface area contributed by atoms with Crippen molar-refractivity contribution in [3.05, 3.63) is 83.9 Å². The Morgan fingerprint density at radius 2 is 1.61 bits per heavy atom. The average molecular weight is 442 g/mol. The van der Waals surface area contributed by atoms with Gasteiger partial charge in [-0.25, -0.2) is 0 Å². The van der Waals surface area contributed by atoms with Crippen molar-refractivity contribution in [3.8, 4) is 5.75 Å². The summed E-state index contributed by atoms with van der Waals surface area (Å²) in [4.78, 5) is 7.42. The monoisotopic (exact) mass is 441 g/mol. The molecule has 1 saturated heterocycles. The highest BCUT2D eigenvalue weighted by molar-refractivity contribution is 5.72. The zero-order valence-electron chi connectivity index (χ0n) is 19.7. The lowest BCUT2D eigenvalue weighted by Gasteiger charge is -2.29. The molecule has 0 saturated carbocycles. The average Bonchev–Trinajstić information content (AvgIpc) is 3.04. The van der Waals surface area contributed by atoms with Gasteiger partial charge in [0.25, 0.3) is 0 Å². The second-order valence-electron chi connectivity index (χ2n) is 9.31. The van der Waals surface area contributed by atoms with Crippen molar-refractivity contribution in [2.75, 3.05) is 49.6 Å². The van der Waals surface area contributed by atoms with Gasteiger partial charge in [-0.1, -0.05) is 42.5 Å². The molecule has 4 nitrogen and oxygen atoms in total. The Balaban J connectivity index is 1.22. The first-order chi connectivity index (χ1) is 16.3. The maximum atomic E-state index is 6.12. The Hall–Kier alpha value is -2.98. The summed E-state index contributed by atoms with van der Waals surface area (Å²) in [6.45, 7) is 6.00. The highest BCUT2D eigenvalue weighted by atomic mass is 16.5. The van der Waals surface area contributed by atoms with Crippen LogP contribution in [0.15, 0.2) is 72.8 Å². The number of para-hydroxylation sites is 3. The standard InChI is InChI=1S/C29H35N3O/c1-30(19-16-24-10-9-12-26(22-24)31-17-7-2-8-18-31)20-21-32-27-13-4-3-11-25(27)23-33-29-15-6-5-14-28(29)32/h3-6,9-15,22H,2,7-8,16-21,23H2,1H3. The van der Waals surface area contributed by atoms with Gasteiger partial charge in [-0.15, -0.1) is 0 Å². The maximum absolute atomic E-state index is 6.12. The molecule has 0 atom stereocenters. The van der Waals surface area contributed by atoms with Gasteiger partial charge in [0.05, 0.1) is 5.69 Å². The molecule has 1 fully saturated rings. The van der Waals surface area contributed by atoms with Gasteiger partial charge in [-0.2, -0.15) is 0 Å². The van der Waals surface area contributed by atoms with E-state index in [-0.39, 0.29) is 0 Å². The Morgan fingerprint density at radius 1 is 0.818 bits per heavy atom. The minimum atomic E-state index is 0.618. The number of nitrogens with zero attached hydrogens (tertiary/aromatic N) is 3. The van der Waals surface area contributed by atoms with Crippen molar-refractivity contribution < 1.29 is 4.74 Å². The van der Waals surface area contributed by atoms with Gasteiger partial charge in [0.1, 0.15) is 12.4 Å². The zero-order valence-corrected chi connectivity index (χ0v) is 19.7. The van der Waals surface area contributed by atoms with Crippen LogP contribution in [0.1, 0.15) is 30.4 Å². The number of benzene rings is 3. The molecule has 0 radical (unpaired) electrons. The summed E-state index contributed by atoms with van der Waals surface area (Å²) in [5.74, 6) is 0.964. The van der Waals surface area contributed by atoms with E-state index in [2.05, 4.69) is 94.5 Å². The van der Waals surface area contributed by atoms with E-state index >= 15 is 0 Å². The SMILES string of the molecule is CN(CCc1cccc(N2CCCCC2)c1)CCN1c2ccccc2COc2ccccc21. The van der Waals surface area contributed by atoms with Gasteiger partial charge in [-0.05, 0) is 68.6 Å². The van der Waals surface area contributed by atoms with Crippen molar-refractivity contribution in [1.82, 2.24) is 4.90 Å². The molecule has 0 aliphatic carbocycles.